The van der Waals surface area contributed by atoms with Crippen LogP contribution in [0.1, 0.15) is 24.6 Å². The minimum Gasteiger partial charge on any atom is -0.399 e. The molecule has 3 rings (SSSR count). The third-order valence-corrected chi connectivity index (χ3v) is 4.04. The molecule has 96 valence electrons. The lowest BCUT2D eigenvalue weighted by atomic mass is 9.73. The van der Waals surface area contributed by atoms with Crippen molar-refractivity contribution in [2.75, 3.05) is 5.73 Å². The van der Waals surface area contributed by atoms with Gasteiger partial charge in [-0.1, -0.05) is 35.9 Å². The van der Waals surface area contributed by atoms with Gasteiger partial charge in [-0.15, -0.1) is 0 Å². The summed E-state index contributed by atoms with van der Waals surface area (Å²) in [7, 11) is 0. The molecule has 0 aliphatic heterocycles. The van der Waals surface area contributed by atoms with Gasteiger partial charge in [0.25, 0.3) is 0 Å². The number of hydrogen-bond donors (Lipinski definition) is 2. The summed E-state index contributed by atoms with van der Waals surface area (Å²) in [6, 6.07) is 12.4. The molecular formula is C17H18N2. The van der Waals surface area contributed by atoms with Crippen molar-refractivity contribution in [1.29, 1.82) is 0 Å². The van der Waals surface area contributed by atoms with E-state index >= 15 is 0 Å². The minimum atomic E-state index is -0.124. The molecule has 0 bridgehead atoms. The highest BCUT2D eigenvalue weighted by Crippen LogP contribution is 2.41. The number of aromatic nitrogens is 1. The lowest BCUT2D eigenvalue weighted by Crippen LogP contribution is -2.26. The van der Waals surface area contributed by atoms with Gasteiger partial charge >= 0.3 is 0 Å². The summed E-state index contributed by atoms with van der Waals surface area (Å²) in [5, 5.41) is 0. The summed E-state index contributed by atoms with van der Waals surface area (Å²) in [5.41, 5.74) is 10.4. The molecule has 1 atom stereocenters. The standard InChI is InChI=1S/C17H18N2/c1-17(13-5-2-3-6-13,16-7-4-12-19-16)14-8-10-15(18)11-9-14/h2-5,7-12,19H,6,18H2,1H3/t17-/m1/s1. The van der Waals surface area contributed by atoms with Crippen LogP contribution in [0, 0.1) is 0 Å². The number of hydrogen-bond acceptors (Lipinski definition) is 1. The first kappa shape index (κ1) is 11.8. The second-order valence-corrected chi connectivity index (χ2v) is 5.15. The Kier molecular flexibility index (Phi) is 2.79. The van der Waals surface area contributed by atoms with Crippen LogP contribution in [0.2, 0.25) is 0 Å². The summed E-state index contributed by atoms with van der Waals surface area (Å²) < 4.78 is 0. The molecule has 0 saturated carbocycles. The molecule has 1 aliphatic carbocycles. The van der Waals surface area contributed by atoms with E-state index in [2.05, 4.69) is 48.3 Å². The monoisotopic (exact) mass is 250 g/mol. The fourth-order valence-corrected chi connectivity index (χ4v) is 2.79. The number of aromatic amines is 1. The zero-order valence-electron chi connectivity index (χ0n) is 11.1. The first-order valence-corrected chi connectivity index (χ1v) is 6.57. The van der Waals surface area contributed by atoms with Crippen LogP contribution in [0.15, 0.2) is 66.4 Å². The highest BCUT2D eigenvalue weighted by molar-refractivity contribution is 5.51. The zero-order valence-corrected chi connectivity index (χ0v) is 11.1. The zero-order chi connectivity index (χ0) is 13.3. The van der Waals surface area contributed by atoms with Gasteiger partial charge in [-0.3, -0.25) is 0 Å². The largest absolute Gasteiger partial charge is 0.399 e. The molecule has 1 aromatic carbocycles. The molecule has 0 amide bonds. The Morgan fingerprint density at radius 1 is 1.16 bits per heavy atom. The predicted octanol–water partition coefficient (Wildman–Crippen LogP) is 3.79. The molecule has 1 aliphatic rings. The van der Waals surface area contributed by atoms with Crippen LogP contribution >= 0.6 is 0 Å². The van der Waals surface area contributed by atoms with Crippen molar-refractivity contribution in [2.45, 2.75) is 18.8 Å². The Balaban J connectivity index is 2.14. The molecule has 2 heteroatoms. The van der Waals surface area contributed by atoms with Crippen molar-refractivity contribution in [3.05, 3.63) is 77.7 Å². The molecule has 0 spiro atoms. The van der Waals surface area contributed by atoms with Crippen LogP contribution in [-0.4, -0.2) is 4.98 Å². The Labute approximate surface area is 113 Å². The van der Waals surface area contributed by atoms with E-state index in [1.165, 1.54) is 16.8 Å². The van der Waals surface area contributed by atoms with E-state index in [9.17, 15) is 0 Å². The third kappa shape index (κ3) is 1.89. The van der Waals surface area contributed by atoms with Crippen molar-refractivity contribution in [3.8, 4) is 0 Å². The van der Waals surface area contributed by atoms with Gasteiger partial charge in [0, 0.05) is 17.6 Å². The van der Waals surface area contributed by atoms with E-state index in [4.69, 9.17) is 5.73 Å². The molecule has 2 nitrogen and oxygen atoms in total. The average molecular weight is 250 g/mol. The lowest BCUT2D eigenvalue weighted by Gasteiger charge is -2.31. The van der Waals surface area contributed by atoms with Crippen LogP contribution in [0.25, 0.3) is 0 Å². The van der Waals surface area contributed by atoms with E-state index in [1.54, 1.807) is 0 Å². The summed E-state index contributed by atoms with van der Waals surface area (Å²) in [4.78, 5) is 3.37. The lowest BCUT2D eigenvalue weighted by molar-refractivity contribution is 0.643. The first-order chi connectivity index (χ1) is 9.21. The maximum Gasteiger partial charge on any atom is 0.0539 e. The molecule has 1 aromatic heterocycles. The smallest absolute Gasteiger partial charge is 0.0539 e. The van der Waals surface area contributed by atoms with Crippen molar-refractivity contribution < 1.29 is 0 Å². The Hall–Kier alpha value is -2.22. The normalized spacial score (nSPS) is 17.2. The van der Waals surface area contributed by atoms with Gasteiger partial charge in [0.05, 0.1) is 5.41 Å². The molecule has 2 aromatic rings. The van der Waals surface area contributed by atoms with Gasteiger partial charge in [0.1, 0.15) is 0 Å². The van der Waals surface area contributed by atoms with Gasteiger partial charge in [-0.05, 0) is 43.2 Å². The number of anilines is 1. The van der Waals surface area contributed by atoms with Crippen molar-refractivity contribution in [2.24, 2.45) is 0 Å². The van der Waals surface area contributed by atoms with Crippen LogP contribution in [-0.2, 0) is 5.41 Å². The van der Waals surface area contributed by atoms with Crippen LogP contribution < -0.4 is 5.73 Å². The number of nitrogens with one attached hydrogen (secondary N) is 1. The number of rotatable bonds is 3. The Morgan fingerprint density at radius 3 is 2.53 bits per heavy atom. The number of benzene rings is 1. The molecule has 3 N–H and O–H groups in total. The van der Waals surface area contributed by atoms with Gasteiger partial charge < -0.3 is 10.7 Å². The predicted molar refractivity (Wildman–Crippen MR) is 79.9 cm³/mol. The Bertz CT molecular complexity index is 618. The second kappa shape index (κ2) is 4.47. The quantitative estimate of drug-likeness (QED) is 0.800. The van der Waals surface area contributed by atoms with E-state index in [-0.39, 0.29) is 5.41 Å². The fourth-order valence-electron chi connectivity index (χ4n) is 2.79. The van der Waals surface area contributed by atoms with E-state index in [0.717, 1.165) is 12.1 Å². The van der Waals surface area contributed by atoms with Crippen molar-refractivity contribution in [1.82, 2.24) is 4.98 Å². The van der Waals surface area contributed by atoms with E-state index in [1.807, 2.05) is 24.4 Å². The maximum absolute atomic E-state index is 5.81. The fraction of sp³-hybridized carbons (Fsp3) is 0.176. The topological polar surface area (TPSA) is 41.8 Å². The average Bonchev–Trinajstić information content (AvgIpc) is 3.12. The summed E-state index contributed by atoms with van der Waals surface area (Å²) in [5.74, 6) is 0. The van der Waals surface area contributed by atoms with Crippen molar-refractivity contribution >= 4 is 5.69 Å². The number of allylic oxidation sites excluding steroid dienone is 4. The first-order valence-electron chi connectivity index (χ1n) is 6.57. The van der Waals surface area contributed by atoms with Crippen molar-refractivity contribution in [3.63, 3.8) is 0 Å². The van der Waals surface area contributed by atoms with E-state index < -0.39 is 0 Å². The van der Waals surface area contributed by atoms with E-state index in [0.29, 0.717) is 0 Å². The molecule has 19 heavy (non-hydrogen) atoms. The highest BCUT2D eigenvalue weighted by Gasteiger charge is 2.33. The summed E-state index contributed by atoms with van der Waals surface area (Å²) in [6.45, 7) is 2.27. The SMILES string of the molecule is C[C@@](C1=CC=CC1)(c1ccc(N)cc1)c1ccc[nH]1. The number of H-pyrrole nitrogens is 1. The minimum absolute atomic E-state index is 0.124. The molecule has 0 unspecified atom stereocenters. The van der Waals surface area contributed by atoms with Gasteiger partial charge in [0.2, 0.25) is 0 Å². The summed E-state index contributed by atoms with van der Waals surface area (Å²) in [6.07, 6.45) is 9.53. The van der Waals surface area contributed by atoms with Gasteiger partial charge in [-0.25, -0.2) is 0 Å². The van der Waals surface area contributed by atoms with Gasteiger partial charge in [-0.2, -0.15) is 0 Å². The third-order valence-electron chi connectivity index (χ3n) is 4.04. The van der Waals surface area contributed by atoms with Crippen LogP contribution in [0.3, 0.4) is 0 Å². The van der Waals surface area contributed by atoms with Crippen LogP contribution in [0.4, 0.5) is 5.69 Å². The number of nitrogens with two attached hydrogens (primary N) is 1. The Morgan fingerprint density at radius 2 is 1.95 bits per heavy atom. The highest BCUT2D eigenvalue weighted by atomic mass is 14.7. The molecule has 0 radical (unpaired) electrons. The molecule has 0 saturated heterocycles. The summed E-state index contributed by atoms with van der Waals surface area (Å²) >= 11 is 0. The second-order valence-electron chi connectivity index (χ2n) is 5.15. The molecule has 1 heterocycles. The molecular weight excluding hydrogens is 232 g/mol. The number of nitrogen functional groups attached to an aromatic ring is 1. The van der Waals surface area contributed by atoms with Crippen LogP contribution in [0.5, 0.6) is 0 Å². The molecule has 0 fully saturated rings. The van der Waals surface area contributed by atoms with Gasteiger partial charge in [0.15, 0.2) is 0 Å². The maximum atomic E-state index is 5.81.